The Kier molecular flexibility index (Phi) is 7.25. The lowest BCUT2D eigenvalue weighted by Gasteiger charge is -2.21. The number of nitrogens with zero attached hydrogens (tertiary/aromatic N) is 2. The minimum Gasteiger partial charge on any atom is -0.374 e. The van der Waals surface area contributed by atoms with Crippen LogP contribution in [0.5, 0.6) is 0 Å². The number of hydrogen-bond donors (Lipinski definition) is 2. The summed E-state index contributed by atoms with van der Waals surface area (Å²) in [7, 11) is -5.00. The van der Waals surface area contributed by atoms with Gasteiger partial charge in [0.2, 0.25) is 15.9 Å². The molecule has 0 fully saturated rings. The quantitative estimate of drug-likeness (QED) is 0.299. The molecule has 152 valence electrons. The Balaban J connectivity index is 3.21. The van der Waals surface area contributed by atoms with Gasteiger partial charge in [0.15, 0.2) is 0 Å². The molecule has 0 spiro atoms. The first-order valence-electron chi connectivity index (χ1n) is 7.33. The van der Waals surface area contributed by atoms with Crippen molar-refractivity contribution in [2.45, 2.75) is 17.4 Å². The lowest BCUT2D eigenvalue weighted by molar-refractivity contribution is -0.384. The van der Waals surface area contributed by atoms with Gasteiger partial charge in [0, 0.05) is 26.6 Å². The molecule has 0 saturated heterocycles. The van der Waals surface area contributed by atoms with Gasteiger partial charge in [-0.3, -0.25) is 19.1 Å². The van der Waals surface area contributed by atoms with Crippen LogP contribution in [0.1, 0.15) is 6.42 Å². The van der Waals surface area contributed by atoms with E-state index < -0.39 is 48.3 Å². The molecule has 0 radical (unpaired) electrons. The van der Waals surface area contributed by atoms with E-state index in [1.54, 1.807) is 0 Å². The van der Waals surface area contributed by atoms with Crippen LogP contribution >= 0.6 is 0 Å². The number of carbonyl (C=O) groups excluding carboxylic acids is 1. The van der Waals surface area contributed by atoms with E-state index in [4.69, 9.17) is 5.14 Å². The smallest absolute Gasteiger partial charge is 0.293 e. The van der Waals surface area contributed by atoms with Gasteiger partial charge in [0.05, 0.1) is 28.7 Å². The van der Waals surface area contributed by atoms with Gasteiger partial charge < -0.3 is 10.2 Å². The highest BCUT2D eigenvalue weighted by molar-refractivity contribution is 7.89. The first-order valence-corrected chi connectivity index (χ1v) is 10.7. The Morgan fingerprint density at radius 1 is 1.33 bits per heavy atom. The number of amides is 1. The molecule has 0 aliphatic heterocycles. The maximum Gasteiger partial charge on any atom is 0.293 e. The average molecular weight is 424 g/mol. The molecular formula is C13H20N4O8S2. The summed E-state index contributed by atoms with van der Waals surface area (Å²) in [6.07, 6.45) is 0.595. The predicted octanol–water partition coefficient (Wildman–Crippen LogP) is -0.523. The summed E-state index contributed by atoms with van der Waals surface area (Å²) in [5, 5.41) is 18.9. The fourth-order valence-corrected chi connectivity index (χ4v) is 2.88. The van der Waals surface area contributed by atoms with Crippen molar-refractivity contribution < 1.29 is 30.7 Å². The summed E-state index contributed by atoms with van der Waals surface area (Å²) in [6, 6.07) is 1.98. The third-order valence-electron chi connectivity index (χ3n) is 3.26. The Hall–Kier alpha value is -2.29. The van der Waals surface area contributed by atoms with E-state index in [9.17, 15) is 31.7 Å². The molecule has 0 heterocycles. The third kappa shape index (κ3) is 7.46. The second-order valence-electron chi connectivity index (χ2n) is 5.80. The highest BCUT2D eigenvalue weighted by Crippen LogP contribution is 2.28. The van der Waals surface area contributed by atoms with Crippen LogP contribution in [0.25, 0.3) is 0 Å². The number of sulfonamides is 1. The number of anilines is 1. The van der Waals surface area contributed by atoms with Gasteiger partial charge >= 0.3 is 0 Å². The lowest BCUT2D eigenvalue weighted by Crippen LogP contribution is -2.34. The molecule has 0 aliphatic carbocycles. The van der Waals surface area contributed by atoms with Gasteiger partial charge in [-0.2, -0.15) is 8.42 Å². The minimum absolute atomic E-state index is 0.124. The van der Waals surface area contributed by atoms with Crippen LogP contribution < -0.4 is 10.5 Å². The van der Waals surface area contributed by atoms with Gasteiger partial charge in [0.25, 0.3) is 15.8 Å². The monoisotopic (exact) mass is 424 g/mol. The number of primary sulfonamides is 1. The Morgan fingerprint density at radius 2 is 1.93 bits per heavy atom. The Labute approximate surface area is 156 Å². The average Bonchev–Trinajstić information content (AvgIpc) is 2.50. The summed E-state index contributed by atoms with van der Waals surface area (Å²) in [5.74, 6) is -0.381. The van der Waals surface area contributed by atoms with Crippen LogP contribution in [0, 0.1) is 10.1 Å². The predicted molar refractivity (Wildman–Crippen MR) is 96.0 cm³/mol. The summed E-state index contributed by atoms with van der Waals surface area (Å²) in [4.78, 5) is 23.1. The topological polar surface area (TPSA) is 179 Å². The van der Waals surface area contributed by atoms with E-state index in [0.29, 0.717) is 0 Å². The molecule has 0 unspecified atom stereocenters. The zero-order valence-electron chi connectivity index (χ0n) is 14.8. The van der Waals surface area contributed by atoms with Gasteiger partial charge in [-0.15, -0.1) is 0 Å². The zero-order chi connectivity index (χ0) is 21.0. The largest absolute Gasteiger partial charge is 0.374 e. The molecule has 1 atom stereocenters. The van der Waals surface area contributed by atoms with Crippen molar-refractivity contribution in [3.8, 4) is 0 Å². The second kappa shape index (κ2) is 8.60. The highest BCUT2D eigenvalue weighted by atomic mass is 32.2. The molecule has 0 aromatic heterocycles. The number of nitro groups is 1. The van der Waals surface area contributed by atoms with Crippen LogP contribution in [-0.2, 0) is 29.1 Å². The number of rotatable bonds is 9. The van der Waals surface area contributed by atoms with Gasteiger partial charge in [0.1, 0.15) is 5.69 Å². The first-order chi connectivity index (χ1) is 12.2. The zero-order valence-corrected chi connectivity index (χ0v) is 16.4. The molecule has 1 aromatic carbocycles. The lowest BCUT2D eigenvalue weighted by atomic mass is 10.1. The number of hydrogen-bond acceptors (Lipinski definition) is 9. The van der Waals surface area contributed by atoms with Crippen LogP contribution in [-0.4, -0.2) is 65.6 Å². The number of benzene rings is 1. The first kappa shape index (κ1) is 22.8. The van der Waals surface area contributed by atoms with Crippen molar-refractivity contribution in [3.05, 3.63) is 28.3 Å². The van der Waals surface area contributed by atoms with Crippen LogP contribution in [0.3, 0.4) is 0 Å². The van der Waals surface area contributed by atoms with Crippen molar-refractivity contribution in [3.63, 3.8) is 0 Å². The SMILES string of the molecule is CN(C)C(=O)C[C@H](COS(C)(=O)=O)Nc1ccc(S(N)(=O)=O)cc1[N+](=O)[O-]. The molecule has 1 amide bonds. The fourth-order valence-electron chi connectivity index (χ4n) is 1.93. The van der Waals surface area contributed by atoms with E-state index in [-0.39, 0.29) is 18.0 Å². The van der Waals surface area contributed by atoms with Gasteiger partial charge in [-0.1, -0.05) is 0 Å². The number of carbonyl (C=O) groups is 1. The Bertz CT molecular complexity index is 928. The van der Waals surface area contributed by atoms with E-state index in [2.05, 4.69) is 9.50 Å². The third-order valence-corrected chi connectivity index (χ3v) is 4.73. The molecule has 12 nitrogen and oxygen atoms in total. The normalized spacial score (nSPS) is 13.0. The van der Waals surface area contributed by atoms with Crippen molar-refractivity contribution >= 4 is 37.4 Å². The highest BCUT2D eigenvalue weighted by Gasteiger charge is 2.24. The van der Waals surface area contributed by atoms with Gasteiger partial charge in [-0.05, 0) is 12.1 Å². The summed E-state index contributed by atoms with van der Waals surface area (Å²) < 4.78 is 49.8. The standard InChI is InChI=1S/C13H20N4O8S2/c1-16(2)13(18)6-9(8-25-26(3,21)22)15-11-5-4-10(27(14,23)24)7-12(11)17(19)20/h4-5,7,9,15H,6,8H2,1-3H3,(H2,14,23,24)/t9-/m1/s1. The Morgan fingerprint density at radius 3 is 2.37 bits per heavy atom. The molecule has 14 heteroatoms. The molecule has 0 aliphatic rings. The van der Waals surface area contributed by atoms with Crippen LogP contribution in [0.15, 0.2) is 23.1 Å². The number of nitrogens with two attached hydrogens (primary N) is 1. The number of nitro benzene ring substituents is 1. The fraction of sp³-hybridized carbons (Fsp3) is 0.462. The molecule has 0 saturated carbocycles. The maximum atomic E-state index is 11.9. The van der Waals surface area contributed by atoms with Crippen LogP contribution in [0.2, 0.25) is 0 Å². The van der Waals surface area contributed by atoms with E-state index in [1.165, 1.54) is 19.0 Å². The summed E-state index contributed by atoms with van der Waals surface area (Å²) in [5.41, 5.74) is -0.732. The molecule has 3 N–H and O–H groups in total. The number of nitrogens with one attached hydrogen (secondary N) is 1. The summed E-state index contributed by atoms with van der Waals surface area (Å²) in [6.45, 7) is -0.466. The molecule has 0 bridgehead atoms. The van der Waals surface area contributed by atoms with Crippen molar-refractivity contribution in [2.24, 2.45) is 5.14 Å². The minimum atomic E-state index is -4.16. The van der Waals surface area contributed by atoms with Crippen molar-refractivity contribution in [1.29, 1.82) is 0 Å². The van der Waals surface area contributed by atoms with E-state index in [1.807, 2.05) is 0 Å². The summed E-state index contributed by atoms with van der Waals surface area (Å²) >= 11 is 0. The van der Waals surface area contributed by atoms with E-state index in [0.717, 1.165) is 24.5 Å². The van der Waals surface area contributed by atoms with Crippen molar-refractivity contribution in [1.82, 2.24) is 4.90 Å². The molecular weight excluding hydrogens is 404 g/mol. The van der Waals surface area contributed by atoms with E-state index >= 15 is 0 Å². The van der Waals surface area contributed by atoms with Crippen LogP contribution in [0.4, 0.5) is 11.4 Å². The molecule has 1 rings (SSSR count). The molecule has 1 aromatic rings. The molecule has 27 heavy (non-hydrogen) atoms. The second-order valence-corrected chi connectivity index (χ2v) is 9.01. The maximum absolute atomic E-state index is 11.9. The van der Waals surface area contributed by atoms with Crippen molar-refractivity contribution in [2.75, 3.05) is 32.3 Å². The van der Waals surface area contributed by atoms with Gasteiger partial charge in [-0.25, -0.2) is 13.6 Å².